The van der Waals surface area contributed by atoms with Crippen LogP contribution in [0.15, 0.2) is 63.1 Å². The van der Waals surface area contributed by atoms with Crippen molar-refractivity contribution in [3.63, 3.8) is 0 Å². The van der Waals surface area contributed by atoms with Crippen molar-refractivity contribution in [3.8, 4) is 11.5 Å². The standard InChI is InChI=1S/C26H25F3N2O4/c1-16-22(34-23(30-16)18-4-7-20(8-5-18)26(27,28)29)15-31-12-10-17-6-9-21(14-19(17)11-13-31)35-25(2,3)24(32)33/h4-5,7-8,14H,10-13,15H2,1-3H3,(H,32,33). The van der Waals surface area contributed by atoms with Gasteiger partial charge in [-0.15, -0.1) is 0 Å². The Morgan fingerprint density at radius 1 is 1.17 bits per heavy atom. The van der Waals surface area contributed by atoms with Crippen LogP contribution in [0.4, 0.5) is 13.2 Å². The van der Waals surface area contributed by atoms with Crippen LogP contribution in [0.3, 0.4) is 0 Å². The van der Waals surface area contributed by atoms with Crippen molar-refractivity contribution in [2.75, 3.05) is 13.1 Å². The molecule has 1 aliphatic heterocycles. The monoisotopic (exact) mass is 486 g/mol. The average Bonchev–Trinajstić information content (AvgIpc) is 3.03. The van der Waals surface area contributed by atoms with E-state index in [1.165, 1.54) is 26.0 Å². The SMILES string of the molecule is Cc1nc(-c2ccc(C(F)(F)F)cc2)oc1CN1CCC2=C=C=C(OC(C)(C)C(=O)O)C=C2CC1. The van der Waals surface area contributed by atoms with E-state index in [0.717, 1.165) is 42.8 Å². The number of likely N-dealkylation sites (tertiary alicyclic amines) is 1. The third kappa shape index (κ3) is 5.60. The Bertz CT molecular complexity index is 1270. The highest BCUT2D eigenvalue weighted by Crippen LogP contribution is 2.32. The minimum Gasteiger partial charge on any atom is -0.478 e. The topological polar surface area (TPSA) is 75.8 Å². The number of halogens is 3. The number of oxazole rings is 1. The third-order valence-corrected chi connectivity index (χ3v) is 6.00. The molecule has 2 aliphatic rings. The molecule has 9 heteroatoms. The van der Waals surface area contributed by atoms with Crippen molar-refractivity contribution < 1.29 is 32.2 Å². The lowest BCUT2D eigenvalue weighted by atomic mass is 9.99. The van der Waals surface area contributed by atoms with Gasteiger partial charge in [0.2, 0.25) is 11.5 Å². The summed E-state index contributed by atoms with van der Waals surface area (Å²) in [5.41, 5.74) is 7.14. The molecule has 4 rings (SSSR count). The fourth-order valence-electron chi connectivity index (χ4n) is 3.84. The smallest absolute Gasteiger partial charge is 0.416 e. The first-order chi connectivity index (χ1) is 16.4. The molecule has 1 fully saturated rings. The summed E-state index contributed by atoms with van der Waals surface area (Å²) in [4.78, 5) is 18.0. The Kier molecular flexibility index (Phi) is 6.52. The van der Waals surface area contributed by atoms with Crippen LogP contribution in [-0.4, -0.2) is 39.7 Å². The molecule has 184 valence electrons. The number of aryl methyl sites for hydroxylation is 1. The number of carboxylic acids is 1. The molecular weight excluding hydrogens is 461 g/mol. The lowest BCUT2D eigenvalue weighted by Crippen LogP contribution is -2.34. The van der Waals surface area contributed by atoms with Crippen LogP contribution >= 0.6 is 0 Å². The van der Waals surface area contributed by atoms with E-state index in [4.69, 9.17) is 9.15 Å². The summed E-state index contributed by atoms with van der Waals surface area (Å²) in [6.07, 6.45) is -1.13. The zero-order valence-electron chi connectivity index (χ0n) is 19.6. The quantitative estimate of drug-likeness (QED) is 0.532. The fraction of sp³-hybridized carbons (Fsp3) is 0.385. The summed E-state index contributed by atoms with van der Waals surface area (Å²) < 4.78 is 50.0. The molecule has 35 heavy (non-hydrogen) atoms. The third-order valence-electron chi connectivity index (χ3n) is 6.00. The summed E-state index contributed by atoms with van der Waals surface area (Å²) in [6.45, 7) is 6.75. The first-order valence-electron chi connectivity index (χ1n) is 11.2. The Balaban J connectivity index is 1.43. The Morgan fingerprint density at radius 3 is 2.51 bits per heavy atom. The maximum Gasteiger partial charge on any atom is 0.416 e. The molecule has 1 aromatic carbocycles. The van der Waals surface area contributed by atoms with Gasteiger partial charge in [0, 0.05) is 24.2 Å². The van der Waals surface area contributed by atoms with Crippen molar-refractivity contribution in [1.82, 2.24) is 9.88 Å². The van der Waals surface area contributed by atoms with Gasteiger partial charge in [-0.2, -0.15) is 13.2 Å². The highest BCUT2D eigenvalue weighted by Gasteiger charge is 2.31. The first-order valence-corrected chi connectivity index (χ1v) is 11.2. The highest BCUT2D eigenvalue weighted by molar-refractivity contribution is 5.76. The number of nitrogens with zero attached hydrogens (tertiary/aromatic N) is 2. The van der Waals surface area contributed by atoms with Crippen LogP contribution in [-0.2, 0) is 22.3 Å². The minimum absolute atomic E-state index is 0.287. The predicted molar refractivity (Wildman–Crippen MR) is 121 cm³/mol. The summed E-state index contributed by atoms with van der Waals surface area (Å²) in [5.74, 6) is 0.227. The van der Waals surface area contributed by atoms with Gasteiger partial charge in [-0.3, -0.25) is 4.90 Å². The van der Waals surface area contributed by atoms with Crippen molar-refractivity contribution in [1.29, 1.82) is 0 Å². The van der Waals surface area contributed by atoms with E-state index in [0.29, 0.717) is 35.7 Å². The van der Waals surface area contributed by atoms with Crippen molar-refractivity contribution >= 4 is 5.97 Å². The lowest BCUT2D eigenvalue weighted by Gasteiger charge is -2.22. The van der Waals surface area contributed by atoms with Gasteiger partial charge < -0.3 is 14.3 Å². The zero-order chi connectivity index (χ0) is 25.4. The molecule has 0 bridgehead atoms. The van der Waals surface area contributed by atoms with E-state index >= 15 is 0 Å². The van der Waals surface area contributed by atoms with Gasteiger partial charge in [0.1, 0.15) is 5.76 Å². The number of carboxylic acid groups (broad SMARTS) is 1. The van der Waals surface area contributed by atoms with Crippen molar-refractivity contribution in [2.24, 2.45) is 0 Å². The van der Waals surface area contributed by atoms with E-state index in [-0.39, 0.29) is 5.89 Å². The number of hydrogen-bond acceptors (Lipinski definition) is 5. The van der Waals surface area contributed by atoms with Gasteiger partial charge >= 0.3 is 12.1 Å². The number of ether oxygens (including phenoxy) is 1. The number of benzene rings is 1. The van der Waals surface area contributed by atoms with Crippen LogP contribution in [0.25, 0.3) is 11.5 Å². The van der Waals surface area contributed by atoms with Crippen molar-refractivity contribution in [3.05, 3.63) is 75.7 Å². The normalized spacial score (nSPS) is 16.7. The zero-order valence-corrected chi connectivity index (χ0v) is 19.6. The van der Waals surface area contributed by atoms with Crippen LogP contribution in [0.1, 0.15) is 43.7 Å². The number of aliphatic carboxylic acids is 1. The molecule has 1 N–H and O–H groups in total. The van der Waals surface area contributed by atoms with Crippen molar-refractivity contribution in [2.45, 2.75) is 51.9 Å². The van der Waals surface area contributed by atoms with E-state index in [1.807, 2.05) is 13.0 Å². The van der Waals surface area contributed by atoms with E-state index < -0.39 is 23.3 Å². The van der Waals surface area contributed by atoms with Gasteiger partial charge in [0.05, 0.1) is 17.8 Å². The number of aromatic nitrogens is 1. The lowest BCUT2D eigenvalue weighted by molar-refractivity contribution is -0.156. The second-order valence-corrected chi connectivity index (χ2v) is 9.06. The van der Waals surface area contributed by atoms with Crippen LogP contribution in [0, 0.1) is 6.92 Å². The maximum absolute atomic E-state index is 12.8. The molecule has 0 unspecified atom stereocenters. The molecule has 0 saturated carbocycles. The number of hydrogen-bond donors (Lipinski definition) is 1. The van der Waals surface area contributed by atoms with Gasteiger partial charge in [0.25, 0.3) is 0 Å². The predicted octanol–water partition coefficient (Wildman–Crippen LogP) is 5.65. The highest BCUT2D eigenvalue weighted by atomic mass is 19.4. The molecule has 1 aliphatic carbocycles. The van der Waals surface area contributed by atoms with E-state index in [1.54, 1.807) is 0 Å². The number of fused-ring (bicyclic) bond motifs is 1. The molecule has 0 atom stereocenters. The average molecular weight is 486 g/mol. The molecule has 2 aromatic rings. The second-order valence-electron chi connectivity index (χ2n) is 9.06. The van der Waals surface area contributed by atoms with Gasteiger partial charge in [0.15, 0.2) is 5.76 Å². The molecule has 1 aromatic heterocycles. The summed E-state index contributed by atoms with van der Waals surface area (Å²) in [7, 11) is 0. The second kappa shape index (κ2) is 9.27. The Morgan fingerprint density at radius 2 is 1.86 bits per heavy atom. The molecule has 0 spiro atoms. The van der Waals surface area contributed by atoms with Gasteiger partial charge in [-0.05, 0) is 75.3 Å². The summed E-state index contributed by atoms with van der Waals surface area (Å²) >= 11 is 0. The Hall–Kier alpha value is -3.51. The van der Waals surface area contributed by atoms with Crippen LogP contribution < -0.4 is 0 Å². The molecule has 0 amide bonds. The number of rotatable bonds is 6. The fourth-order valence-corrected chi connectivity index (χ4v) is 3.84. The van der Waals surface area contributed by atoms with Gasteiger partial charge in [-0.1, -0.05) is 5.73 Å². The van der Waals surface area contributed by atoms with E-state index in [9.17, 15) is 23.1 Å². The van der Waals surface area contributed by atoms with E-state index in [2.05, 4.69) is 21.3 Å². The molecular formula is C26H25F3N2O4. The molecule has 1 saturated heterocycles. The van der Waals surface area contributed by atoms with Gasteiger partial charge in [-0.25, -0.2) is 9.78 Å². The largest absolute Gasteiger partial charge is 0.478 e. The first kappa shape index (κ1) is 24.6. The van der Waals surface area contributed by atoms with Crippen LogP contribution in [0.5, 0.6) is 0 Å². The van der Waals surface area contributed by atoms with Crippen LogP contribution in [0.2, 0.25) is 0 Å². The number of alkyl halides is 3. The molecule has 0 radical (unpaired) electrons. The maximum atomic E-state index is 12.8. The molecule has 6 nitrogen and oxygen atoms in total. The summed E-state index contributed by atoms with van der Waals surface area (Å²) in [5, 5.41) is 9.29. The minimum atomic E-state index is -4.39. The molecule has 2 heterocycles. The summed E-state index contributed by atoms with van der Waals surface area (Å²) in [6, 6.07) is 4.75. The number of allylic oxidation sites excluding steroid dienone is 1. The Labute approximate surface area is 200 Å². The number of carbonyl (C=O) groups is 1.